The van der Waals surface area contributed by atoms with Gasteiger partial charge in [0.25, 0.3) is 5.91 Å². The highest BCUT2D eigenvalue weighted by Crippen LogP contribution is 2.21. The van der Waals surface area contributed by atoms with Crippen molar-refractivity contribution < 1.29 is 14.7 Å². The number of hydrogen-bond acceptors (Lipinski definition) is 3. The molecule has 0 unspecified atom stereocenters. The number of pyridine rings is 1. The van der Waals surface area contributed by atoms with E-state index < -0.39 is 12.0 Å². The minimum absolute atomic E-state index is 0.177. The molecule has 2 N–H and O–H groups in total. The Morgan fingerprint density at radius 1 is 1.19 bits per heavy atom. The van der Waals surface area contributed by atoms with Gasteiger partial charge in [-0.2, -0.15) is 0 Å². The van der Waals surface area contributed by atoms with E-state index in [0.717, 1.165) is 11.1 Å². The highest BCUT2D eigenvalue weighted by atomic mass is 16.4. The molecule has 2 rings (SSSR count). The molecule has 0 saturated heterocycles. The highest BCUT2D eigenvalue weighted by molar-refractivity contribution is 5.92. The summed E-state index contributed by atoms with van der Waals surface area (Å²) >= 11 is 0. The third-order valence-electron chi connectivity index (χ3n) is 3.15. The molecule has 0 radical (unpaired) electrons. The molecule has 108 valence electrons. The van der Waals surface area contributed by atoms with Crippen LogP contribution in [-0.2, 0) is 4.79 Å². The standard InChI is InChI=1S/C16H16N2O3/c1-11-6-2-3-7-12(11)14(10-15(19)20)18-16(21)13-8-4-5-9-17-13/h2-9,14H,10H2,1H3,(H,18,21)(H,19,20)/t14-/m0/s1. The number of carbonyl (C=O) groups is 2. The topological polar surface area (TPSA) is 79.3 Å². The average molecular weight is 284 g/mol. The fourth-order valence-electron chi connectivity index (χ4n) is 2.12. The van der Waals surface area contributed by atoms with Crippen LogP contribution in [-0.4, -0.2) is 22.0 Å². The molecule has 0 fully saturated rings. The Morgan fingerprint density at radius 2 is 1.90 bits per heavy atom. The zero-order chi connectivity index (χ0) is 15.2. The summed E-state index contributed by atoms with van der Waals surface area (Å²) in [7, 11) is 0. The third kappa shape index (κ3) is 3.89. The number of aryl methyl sites for hydroxylation is 1. The lowest BCUT2D eigenvalue weighted by molar-refractivity contribution is -0.137. The summed E-state index contributed by atoms with van der Waals surface area (Å²) in [5.74, 6) is -1.35. The van der Waals surface area contributed by atoms with Gasteiger partial charge in [-0.25, -0.2) is 0 Å². The Labute approximate surface area is 122 Å². The van der Waals surface area contributed by atoms with Gasteiger partial charge in [-0.1, -0.05) is 30.3 Å². The monoisotopic (exact) mass is 284 g/mol. The number of benzene rings is 1. The summed E-state index contributed by atoms with van der Waals surface area (Å²) in [5.41, 5.74) is 2.00. The Kier molecular flexibility index (Phi) is 4.66. The molecule has 0 saturated carbocycles. The number of aliphatic carboxylic acids is 1. The molecule has 1 atom stereocenters. The van der Waals surface area contributed by atoms with Crippen LogP contribution >= 0.6 is 0 Å². The van der Waals surface area contributed by atoms with Gasteiger partial charge >= 0.3 is 5.97 Å². The van der Waals surface area contributed by atoms with E-state index in [2.05, 4.69) is 10.3 Å². The van der Waals surface area contributed by atoms with E-state index in [9.17, 15) is 9.59 Å². The van der Waals surface area contributed by atoms with Crippen molar-refractivity contribution >= 4 is 11.9 Å². The summed E-state index contributed by atoms with van der Waals surface area (Å²) in [6, 6.07) is 11.8. The van der Waals surface area contributed by atoms with Crippen LogP contribution in [0.1, 0.15) is 34.1 Å². The van der Waals surface area contributed by atoms with Crippen molar-refractivity contribution in [3.05, 3.63) is 65.5 Å². The van der Waals surface area contributed by atoms with E-state index in [-0.39, 0.29) is 18.0 Å². The smallest absolute Gasteiger partial charge is 0.305 e. The van der Waals surface area contributed by atoms with Crippen molar-refractivity contribution in [2.24, 2.45) is 0 Å². The quantitative estimate of drug-likeness (QED) is 0.883. The number of amides is 1. The number of aromatic nitrogens is 1. The number of carbonyl (C=O) groups excluding carboxylic acids is 1. The van der Waals surface area contributed by atoms with Gasteiger partial charge in [-0.3, -0.25) is 14.6 Å². The predicted molar refractivity (Wildman–Crippen MR) is 77.9 cm³/mol. The molecule has 0 aliphatic rings. The first-order chi connectivity index (χ1) is 10.1. The van der Waals surface area contributed by atoms with Gasteiger partial charge in [-0.05, 0) is 30.2 Å². The van der Waals surface area contributed by atoms with Crippen LogP contribution < -0.4 is 5.32 Å². The Morgan fingerprint density at radius 3 is 2.52 bits per heavy atom. The molecule has 5 heteroatoms. The fraction of sp³-hybridized carbons (Fsp3) is 0.188. The van der Waals surface area contributed by atoms with Gasteiger partial charge < -0.3 is 10.4 Å². The van der Waals surface area contributed by atoms with Gasteiger partial charge in [0.1, 0.15) is 5.69 Å². The largest absolute Gasteiger partial charge is 0.481 e. The lowest BCUT2D eigenvalue weighted by atomic mass is 9.98. The number of hydrogen-bond donors (Lipinski definition) is 2. The minimum atomic E-state index is -0.968. The molecule has 1 aromatic heterocycles. The second kappa shape index (κ2) is 6.65. The minimum Gasteiger partial charge on any atom is -0.481 e. The summed E-state index contributed by atoms with van der Waals surface area (Å²) < 4.78 is 0. The average Bonchev–Trinajstić information content (AvgIpc) is 2.47. The van der Waals surface area contributed by atoms with Crippen molar-refractivity contribution in [1.29, 1.82) is 0 Å². The number of carboxylic acids is 1. The van der Waals surface area contributed by atoms with Crippen molar-refractivity contribution in [2.75, 3.05) is 0 Å². The van der Waals surface area contributed by atoms with Gasteiger partial charge in [0, 0.05) is 6.20 Å². The van der Waals surface area contributed by atoms with Gasteiger partial charge in [0.15, 0.2) is 0 Å². The maximum absolute atomic E-state index is 12.2. The molecular weight excluding hydrogens is 268 g/mol. The van der Waals surface area contributed by atoms with E-state index in [1.54, 1.807) is 18.2 Å². The molecule has 21 heavy (non-hydrogen) atoms. The zero-order valence-electron chi connectivity index (χ0n) is 11.6. The maximum Gasteiger partial charge on any atom is 0.305 e. The molecule has 2 aromatic rings. The summed E-state index contributed by atoms with van der Waals surface area (Å²) in [4.78, 5) is 27.2. The fourth-order valence-corrected chi connectivity index (χ4v) is 2.12. The molecule has 0 aliphatic heterocycles. The molecule has 1 aromatic carbocycles. The summed E-state index contributed by atoms with van der Waals surface area (Å²) in [6.07, 6.45) is 1.35. The van der Waals surface area contributed by atoms with E-state index in [0.29, 0.717) is 0 Å². The predicted octanol–water partition coefficient (Wildman–Crippen LogP) is 2.34. The first kappa shape index (κ1) is 14.7. The Hall–Kier alpha value is -2.69. The molecular formula is C16H16N2O3. The van der Waals surface area contributed by atoms with Crippen LogP contribution in [0.25, 0.3) is 0 Å². The van der Waals surface area contributed by atoms with Gasteiger partial charge in [-0.15, -0.1) is 0 Å². The molecule has 0 spiro atoms. The van der Waals surface area contributed by atoms with Crippen LogP contribution in [0, 0.1) is 6.92 Å². The molecule has 0 aliphatic carbocycles. The van der Waals surface area contributed by atoms with Crippen LogP contribution in [0.3, 0.4) is 0 Å². The van der Waals surface area contributed by atoms with E-state index in [1.807, 2.05) is 31.2 Å². The number of nitrogens with one attached hydrogen (secondary N) is 1. The van der Waals surface area contributed by atoms with Crippen molar-refractivity contribution in [1.82, 2.24) is 10.3 Å². The van der Waals surface area contributed by atoms with E-state index in [1.165, 1.54) is 6.20 Å². The van der Waals surface area contributed by atoms with E-state index in [4.69, 9.17) is 5.11 Å². The summed E-state index contributed by atoms with van der Waals surface area (Å²) in [5, 5.41) is 11.8. The van der Waals surface area contributed by atoms with Crippen LogP contribution in [0.4, 0.5) is 0 Å². The normalized spacial score (nSPS) is 11.7. The van der Waals surface area contributed by atoms with Crippen molar-refractivity contribution in [3.8, 4) is 0 Å². The van der Waals surface area contributed by atoms with Crippen LogP contribution in [0.5, 0.6) is 0 Å². The number of nitrogens with zero attached hydrogens (tertiary/aromatic N) is 1. The van der Waals surface area contributed by atoms with Crippen LogP contribution in [0.2, 0.25) is 0 Å². The second-order valence-corrected chi connectivity index (χ2v) is 4.70. The summed E-state index contributed by atoms with van der Waals surface area (Å²) in [6.45, 7) is 1.89. The first-order valence-electron chi connectivity index (χ1n) is 6.57. The Bertz CT molecular complexity index is 641. The highest BCUT2D eigenvalue weighted by Gasteiger charge is 2.20. The second-order valence-electron chi connectivity index (χ2n) is 4.70. The lowest BCUT2D eigenvalue weighted by Gasteiger charge is -2.19. The maximum atomic E-state index is 12.2. The third-order valence-corrected chi connectivity index (χ3v) is 3.15. The van der Waals surface area contributed by atoms with Crippen molar-refractivity contribution in [2.45, 2.75) is 19.4 Å². The first-order valence-corrected chi connectivity index (χ1v) is 6.57. The van der Waals surface area contributed by atoms with Crippen LogP contribution in [0.15, 0.2) is 48.7 Å². The lowest BCUT2D eigenvalue weighted by Crippen LogP contribution is -2.31. The molecule has 1 heterocycles. The zero-order valence-corrected chi connectivity index (χ0v) is 11.6. The Balaban J connectivity index is 2.23. The van der Waals surface area contributed by atoms with Gasteiger partial charge in [0.2, 0.25) is 0 Å². The number of carboxylic acid groups (broad SMARTS) is 1. The van der Waals surface area contributed by atoms with Crippen molar-refractivity contribution in [3.63, 3.8) is 0 Å². The molecule has 5 nitrogen and oxygen atoms in total. The SMILES string of the molecule is Cc1ccccc1[C@H](CC(=O)O)NC(=O)c1ccccn1. The number of rotatable bonds is 5. The molecule has 1 amide bonds. The van der Waals surface area contributed by atoms with E-state index >= 15 is 0 Å². The van der Waals surface area contributed by atoms with Gasteiger partial charge in [0.05, 0.1) is 12.5 Å². The molecule has 0 bridgehead atoms.